The van der Waals surface area contributed by atoms with E-state index in [0.29, 0.717) is 6.54 Å². The largest absolute Gasteiger partial charge is 0.444 e. The van der Waals surface area contributed by atoms with Crippen molar-refractivity contribution >= 4 is 6.09 Å². The van der Waals surface area contributed by atoms with Crippen LogP contribution in [0.1, 0.15) is 52.6 Å². The van der Waals surface area contributed by atoms with Gasteiger partial charge in [0.25, 0.3) is 0 Å². The number of hydrogen-bond donors (Lipinski definition) is 1. The summed E-state index contributed by atoms with van der Waals surface area (Å²) in [6, 6.07) is 0.257. The minimum Gasteiger partial charge on any atom is -0.444 e. The Kier molecular flexibility index (Phi) is 6.87. The molecule has 22 heavy (non-hydrogen) atoms. The van der Waals surface area contributed by atoms with Crippen LogP contribution in [0.3, 0.4) is 0 Å². The maximum Gasteiger partial charge on any atom is 0.410 e. The molecule has 1 aromatic heterocycles. The van der Waals surface area contributed by atoms with Crippen molar-refractivity contribution in [3.63, 3.8) is 0 Å². The molecule has 1 atom stereocenters. The molecule has 0 bridgehead atoms. The van der Waals surface area contributed by atoms with Crippen molar-refractivity contribution in [3.8, 4) is 0 Å². The number of hydrogen-bond acceptors (Lipinski definition) is 4. The van der Waals surface area contributed by atoms with E-state index in [0.717, 1.165) is 19.5 Å². The molecule has 6 heteroatoms. The molecule has 0 aliphatic heterocycles. The first-order valence-corrected chi connectivity index (χ1v) is 7.92. The molecule has 0 saturated carbocycles. The van der Waals surface area contributed by atoms with Gasteiger partial charge in [-0.2, -0.15) is 5.10 Å². The Morgan fingerprint density at radius 2 is 2.18 bits per heavy atom. The van der Waals surface area contributed by atoms with Crippen molar-refractivity contribution < 1.29 is 9.53 Å². The van der Waals surface area contributed by atoms with E-state index in [4.69, 9.17) is 4.74 Å². The van der Waals surface area contributed by atoms with Crippen molar-refractivity contribution in [3.05, 3.63) is 18.0 Å². The van der Waals surface area contributed by atoms with Crippen LogP contribution in [0.2, 0.25) is 0 Å². The first-order chi connectivity index (χ1) is 10.2. The van der Waals surface area contributed by atoms with Crippen LogP contribution in [0.4, 0.5) is 4.79 Å². The Morgan fingerprint density at radius 3 is 2.73 bits per heavy atom. The summed E-state index contributed by atoms with van der Waals surface area (Å²) in [6.45, 7) is 12.2. The zero-order valence-electron chi connectivity index (χ0n) is 14.7. The number of aryl methyl sites for hydroxylation is 1. The molecule has 6 nitrogen and oxygen atoms in total. The highest BCUT2D eigenvalue weighted by Gasteiger charge is 2.19. The van der Waals surface area contributed by atoms with Crippen LogP contribution in [0.15, 0.2) is 12.4 Å². The Balaban J connectivity index is 2.25. The summed E-state index contributed by atoms with van der Waals surface area (Å²) in [4.78, 5) is 13.4. The molecular weight excluding hydrogens is 280 g/mol. The van der Waals surface area contributed by atoms with Crippen LogP contribution < -0.4 is 5.32 Å². The van der Waals surface area contributed by atoms with E-state index < -0.39 is 5.60 Å². The van der Waals surface area contributed by atoms with Crippen molar-refractivity contribution in [1.82, 2.24) is 20.0 Å². The molecule has 0 fully saturated rings. The minimum atomic E-state index is -0.447. The highest BCUT2D eigenvalue weighted by atomic mass is 16.6. The summed E-state index contributed by atoms with van der Waals surface area (Å²) in [6.07, 6.45) is 4.56. The van der Waals surface area contributed by atoms with Gasteiger partial charge in [-0.1, -0.05) is 0 Å². The lowest BCUT2D eigenvalue weighted by molar-refractivity contribution is 0.0297. The second kappa shape index (κ2) is 8.17. The summed E-state index contributed by atoms with van der Waals surface area (Å²) in [7, 11) is 1.77. The summed E-state index contributed by atoms with van der Waals surface area (Å²) in [5.74, 6) is 0. The Labute approximate surface area is 133 Å². The maximum atomic E-state index is 11.8. The van der Waals surface area contributed by atoms with Gasteiger partial charge in [0, 0.05) is 37.9 Å². The van der Waals surface area contributed by atoms with E-state index in [9.17, 15) is 4.79 Å². The third-order valence-electron chi connectivity index (χ3n) is 3.30. The molecule has 1 amide bonds. The van der Waals surface area contributed by atoms with Gasteiger partial charge in [-0.25, -0.2) is 4.79 Å². The molecule has 0 aliphatic carbocycles. The Hall–Kier alpha value is -1.56. The quantitative estimate of drug-likeness (QED) is 0.787. The summed E-state index contributed by atoms with van der Waals surface area (Å²) >= 11 is 0. The SMILES string of the molecule is CCn1cc(C(C)NCCCN(C)C(=O)OC(C)(C)C)cn1. The van der Waals surface area contributed by atoms with Crippen molar-refractivity contribution in [2.75, 3.05) is 20.1 Å². The van der Waals surface area contributed by atoms with Crippen molar-refractivity contribution in [1.29, 1.82) is 0 Å². The number of ether oxygens (including phenoxy) is 1. The Morgan fingerprint density at radius 1 is 1.50 bits per heavy atom. The lowest BCUT2D eigenvalue weighted by Crippen LogP contribution is -2.35. The number of rotatable bonds is 7. The normalized spacial score (nSPS) is 13.0. The van der Waals surface area contributed by atoms with Gasteiger partial charge in [0.2, 0.25) is 0 Å². The molecule has 1 unspecified atom stereocenters. The average Bonchev–Trinajstić information content (AvgIpc) is 2.90. The molecule has 1 heterocycles. The number of amides is 1. The number of aromatic nitrogens is 2. The molecule has 0 aliphatic rings. The lowest BCUT2D eigenvalue weighted by Gasteiger charge is -2.24. The third kappa shape index (κ3) is 6.47. The summed E-state index contributed by atoms with van der Waals surface area (Å²) in [5, 5.41) is 7.72. The smallest absolute Gasteiger partial charge is 0.410 e. The van der Waals surface area contributed by atoms with Gasteiger partial charge in [-0.05, 0) is 47.6 Å². The van der Waals surface area contributed by atoms with E-state index in [-0.39, 0.29) is 12.1 Å². The summed E-state index contributed by atoms with van der Waals surface area (Å²) < 4.78 is 7.24. The fourth-order valence-electron chi connectivity index (χ4n) is 1.96. The molecule has 1 aromatic rings. The molecule has 126 valence electrons. The van der Waals surface area contributed by atoms with E-state index >= 15 is 0 Å². The van der Waals surface area contributed by atoms with E-state index in [2.05, 4.69) is 30.5 Å². The predicted octanol–water partition coefficient (Wildman–Crippen LogP) is 2.81. The van der Waals surface area contributed by atoms with Crippen molar-refractivity contribution in [2.45, 2.75) is 59.2 Å². The fourth-order valence-corrected chi connectivity index (χ4v) is 1.96. The van der Waals surface area contributed by atoms with Gasteiger partial charge in [-0.15, -0.1) is 0 Å². The second-order valence-electron chi connectivity index (χ2n) is 6.56. The van der Waals surface area contributed by atoms with E-state index in [1.54, 1.807) is 11.9 Å². The predicted molar refractivity (Wildman–Crippen MR) is 87.8 cm³/mol. The lowest BCUT2D eigenvalue weighted by atomic mass is 10.2. The van der Waals surface area contributed by atoms with Gasteiger partial charge in [0.15, 0.2) is 0 Å². The minimum absolute atomic E-state index is 0.257. The molecular formula is C16H30N4O2. The number of carbonyl (C=O) groups is 1. The highest BCUT2D eigenvalue weighted by Crippen LogP contribution is 2.11. The average molecular weight is 310 g/mol. The Bertz CT molecular complexity index is 465. The monoisotopic (exact) mass is 310 g/mol. The van der Waals surface area contributed by atoms with Crippen LogP contribution in [-0.2, 0) is 11.3 Å². The molecule has 0 spiro atoms. The van der Waals surface area contributed by atoms with Crippen molar-refractivity contribution in [2.24, 2.45) is 0 Å². The van der Waals surface area contributed by atoms with Gasteiger partial charge < -0.3 is 15.0 Å². The molecule has 1 rings (SSSR count). The number of carbonyl (C=O) groups excluding carboxylic acids is 1. The number of nitrogens with one attached hydrogen (secondary N) is 1. The van der Waals surface area contributed by atoms with E-state index in [1.807, 2.05) is 31.6 Å². The molecule has 1 N–H and O–H groups in total. The van der Waals surface area contributed by atoms with E-state index in [1.165, 1.54) is 5.56 Å². The van der Waals surface area contributed by atoms with Crippen LogP contribution in [0, 0.1) is 0 Å². The van der Waals surface area contributed by atoms with Gasteiger partial charge in [0.05, 0.1) is 6.20 Å². The number of nitrogens with zero attached hydrogens (tertiary/aromatic N) is 3. The van der Waals surface area contributed by atoms with Crippen LogP contribution in [0.5, 0.6) is 0 Å². The first-order valence-electron chi connectivity index (χ1n) is 7.92. The van der Waals surface area contributed by atoms with Gasteiger partial charge in [-0.3, -0.25) is 4.68 Å². The maximum absolute atomic E-state index is 11.8. The zero-order valence-corrected chi connectivity index (χ0v) is 14.7. The molecule has 0 aromatic carbocycles. The zero-order chi connectivity index (χ0) is 16.8. The van der Waals surface area contributed by atoms with Crippen LogP contribution >= 0.6 is 0 Å². The molecule has 0 saturated heterocycles. The van der Waals surface area contributed by atoms with Crippen LogP contribution in [0.25, 0.3) is 0 Å². The topological polar surface area (TPSA) is 59.4 Å². The van der Waals surface area contributed by atoms with Gasteiger partial charge >= 0.3 is 6.09 Å². The highest BCUT2D eigenvalue weighted by molar-refractivity contribution is 5.67. The summed E-state index contributed by atoms with van der Waals surface area (Å²) in [5.41, 5.74) is 0.736. The van der Waals surface area contributed by atoms with Crippen LogP contribution in [-0.4, -0.2) is 46.5 Å². The first kappa shape index (κ1) is 18.5. The third-order valence-corrected chi connectivity index (χ3v) is 3.30. The standard InChI is InChI=1S/C16H30N4O2/c1-7-20-12-14(11-18-20)13(2)17-9-8-10-19(6)15(21)22-16(3,4)5/h11-13,17H,7-10H2,1-6H3. The fraction of sp³-hybridized carbons (Fsp3) is 0.750. The molecule has 0 radical (unpaired) electrons. The van der Waals surface area contributed by atoms with Gasteiger partial charge in [0.1, 0.15) is 5.60 Å². The second-order valence-corrected chi connectivity index (χ2v) is 6.56.